The quantitative estimate of drug-likeness (QED) is 0.488. The number of aliphatic hydroxyl groups excluding tert-OH is 1. The van der Waals surface area contributed by atoms with Crippen LogP contribution in [0.25, 0.3) is 11.1 Å². The molecule has 0 amide bonds. The van der Waals surface area contributed by atoms with Crippen LogP contribution in [0, 0.1) is 5.92 Å². The highest BCUT2D eigenvalue weighted by Crippen LogP contribution is 2.31. The van der Waals surface area contributed by atoms with Gasteiger partial charge < -0.3 is 9.84 Å². The number of ether oxygens (including phenoxy) is 1. The molecule has 28 heavy (non-hydrogen) atoms. The van der Waals surface area contributed by atoms with E-state index in [1.807, 2.05) is 6.07 Å². The number of hydrogen-bond acceptors (Lipinski definition) is 3. The van der Waals surface area contributed by atoms with Crippen molar-refractivity contribution in [2.45, 2.75) is 57.7 Å². The van der Waals surface area contributed by atoms with E-state index in [1.165, 1.54) is 16.7 Å². The van der Waals surface area contributed by atoms with Gasteiger partial charge in [0.2, 0.25) is 0 Å². The molecule has 1 heterocycles. The van der Waals surface area contributed by atoms with E-state index in [-0.39, 0.29) is 5.92 Å². The van der Waals surface area contributed by atoms with Crippen LogP contribution in [0.3, 0.4) is 0 Å². The van der Waals surface area contributed by atoms with Gasteiger partial charge in [-0.15, -0.1) is 0 Å². The maximum atomic E-state index is 10.6. The lowest BCUT2D eigenvalue weighted by Gasteiger charge is -2.28. The molecule has 1 fully saturated rings. The Morgan fingerprint density at radius 3 is 2.29 bits per heavy atom. The SMILES string of the molecule is CC1C[C@@H](Cc2ccc(-c3ccccc3)cc2)N(COCC[Si](C)(C)C)C1O. The Bertz CT molecular complexity index is 727. The maximum absolute atomic E-state index is 10.6. The van der Waals surface area contributed by atoms with Crippen LogP contribution in [0.1, 0.15) is 18.9 Å². The standard InChI is InChI=1S/C24H35NO2Si/c1-19-16-23(25(24(19)26)18-27-14-15-28(2,3)4)17-20-10-12-22(13-11-20)21-8-6-5-7-9-21/h5-13,19,23-24,26H,14-18H2,1-4H3/t19?,23-,24?/m0/s1. The van der Waals surface area contributed by atoms with Crippen LogP contribution < -0.4 is 0 Å². The molecule has 0 aliphatic carbocycles. The van der Waals surface area contributed by atoms with Crippen LogP contribution in [-0.4, -0.2) is 43.7 Å². The second-order valence-corrected chi connectivity index (χ2v) is 15.0. The summed E-state index contributed by atoms with van der Waals surface area (Å²) in [6.45, 7) is 10.6. The van der Waals surface area contributed by atoms with E-state index in [0.717, 1.165) is 25.5 Å². The summed E-state index contributed by atoms with van der Waals surface area (Å²) >= 11 is 0. The van der Waals surface area contributed by atoms with Crippen molar-refractivity contribution in [1.82, 2.24) is 4.90 Å². The highest BCUT2D eigenvalue weighted by molar-refractivity contribution is 6.76. The van der Waals surface area contributed by atoms with Gasteiger partial charge in [0.1, 0.15) is 13.0 Å². The average molecular weight is 398 g/mol. The van der Waals surface area contributed by atoms with Crippen LogP contribution in [0.2, 0.25) is 25.7 Å². The van der Waals surface area contributed by atoms with Gasteiger partial charge in [-0.05, 0) is 41.5 Å². The van der Waals surface area contributed by atoms with Crippen LogP contribution >= 0.6 is 0 Å². The number of aliphatic hydroxyl groups is 1. The van der Waals surface area contributed by atoms with E-state index < -0.39 is 14.3 Å². The zero-order valence-electron chi connectivity index (χ0n) is 17.8. The molecule has 1 N–H and O–H groups in total. The number of hydrogen-bond donors (Lipinski definition) is 1. The van der Waals surface area contributed by atoms with Crippen molar-refractivity contribution >= 4 is 8.07 Å². The molecule has 1 saturated heterocycles. The summed E-state index contributed by atoms with van der Waals surface area (Å²) in [6, 6.07) is 20.8. The van der Waals surface area contributed by atoms with Gasteiger partial charge in [0.15, 0.2) is 0 Å². The van der Waals surface area contributed by atoms with E-state index in [9.17, 15) is 5.11 Å². The van der Waals surface area contributed by atoms with Crippen molar-refractivity contribution in [3.05, 3.63) is 60.2 Å². The van der Waals surface area contributed by atoms with Gasteiger partial charge in [-0.3, -0.25) is 4.90 Å². The van der Waals surface area contributed by atoms with Crippen LogP contribution in [0.4, 0.5) is 0 Å². The highest BCUT2D eigenvalue weighted by atomic mass is 28.3. The highest BCUT2D eigenvalue weighted by Gasteiger charge is 2.37. The topological polar surface area (TPSA) is 32.7 Å². The Kier molecular flexibility index (Phi) is 7.10. The normalized spacial score (nSPS) is 23.2. The third-order valence-corrected chi connectivity index (χ3v) is 7.43. The van der Waals surface area contributed by atoms with Gasteiger partial charge in [-0.2, -0.15) is 0 Å². The summed E-state index contributed by atoms with van der Waals surface area (Å²) in [5.41, 5.74) is 3.81. The molecule has 2 aromatic rings. The third-order valence-electron chi connectivity index (χ3n) is 5.73. The van der Waals surface area contributed by atoms with Gasteiger partial charge in [0.05, 0.1) is 0 Å². The number of rotatable bonds is 8. The predicted octanol–water partition coefficient (Wildman–Crippen LogP) is 5.24. The molecule has 3 nitrogen and oxygen atoms in total. The molecule has 3 rings (SSSR count). The molecule has 1 aliphatic heterocycles. The zero-order chi connectivity index (χ0) is 20.1. The molecule has 4 heteroatoms. The first-order chi connectivity index (χ1) is 13.3. The Morgan fingerprint density at radius 1 is 1.00 bits per heavy atom. The Balaban J connectivity index is 1.59. The third kappa shape index (κ3) is 5.77. The molecule has 3 atom stereocenters. The van der Waals surface area contributed by atoms with Crippen LogP contribution in [0.5, 0.6) is 0 Å². The molecule has 0 radical (unpaired) electrons. The maximum Gasteiger partial charge on any atom is 0.112 e. The van der Waals surface area contributed by atoms with E-state index in [4.69, 9.17) is 4.74 Å². The van der Waals surface area contributed by atoms with Gasteiger partial charge in [-0.1, -0.05) is 81.2 Å². The summed E-state index contributed by atoms with van der Waals surface area (Å²) in [7, 11) is -1.08. The van der Waals surface area contributed by atoms with Crippen LogP contribution in [0.15, 0.2) is 54.6 Å². The van der Waals surface area contributed by atoms with Crippen molar-refractivity contribution in [2.24, 2.45) is 5.92 Å². The van der Waals surface area contributed by atoms with Crippen molar-refractivity contribution in [2.75, 3.05) is 13.3 Å². The summed E-state index contributed by atoms with van der Waals surface area (Å²) in [4.78, 5) is 2.15. The fourth-order valence-corrected chi connectivity index (χ4v) is 4.65. The van der Waals surface area contributed by atoms with E-state index >= 15 is 0 Å². The minimum Gasteiger partial charge on any atom is -0.378 e. The Morgan fingerprint density at radius 2 is 1.64 bits per heavy atom. The molecular weight excluding hydrogens is 362 g/mol. The van der Waals surface area contributed by atoms with E-state index in [1.54, 1.807) is 0 Å². The van der Waals surface area contributed by atoms with E-state index in [0.29, 0.717) is 12.8 Å². The van der Waals surface area contributed by atoms with Gasteiger partial charge in [0, 0.05) is 20.7 Å². The molecule has 2 aromatic carbocycles. The number of nitrogens with zero attached hydrogens (tertiary/aromatic N) is 1. The lowest BCUT2D eigenvalue weighted by molar-refractivity contribution is -0.0734. The smallest absolute Gasteiger partial charge is 0.112 e. The molecule has 0 saturated carbocycles. The van der Waals surface area contributed by atoms with E-state index in [2.05, 4.69) is 80.0 Å². The minimum atomic E-state index is -1.08. The Labute approximate surface area is 171 Å². The zero-order valence-corrected chi connectivity index (χ0v) is 18.8. The largest absolute Gasteiger partial charge is 0.378 e. The minimum absolute atomic E-state index is 0.286. The molecule has 0 bridgehead atoms. The Hall–Kier alpha value is -1.46. The average Bonchev–Trinajstić information content (AvgIpc) is 2.93. The number of likely N-dealkylation sites (tertiary alicyclic amines) is 1. The van der Waals surface area contributed by atoms with Crippen molar-refractivity contribution < 1.29 is 9.84 Å². The molecule has 2 unspecified atom stereocenters. The molecule has 152 valence electrons. The summed E-state index contributed by atoms with van der Waals surface area (Å²) in [5, 5.41) is 10.6. The first-order valence-corrected chi connectivity index (χ1v) is 14.2. The lowest BCUT2D eigenvalue weighted by atomic mass is 9.98. The summed E-state index contributed by atoms with van der Waals surface area (Å²) in [6.07, 6.45) is 1.56. The number of benzene rings is 2. The first kappa shape index (κ1) is 21.3. The van der Waals surface area contributed by atoms with Crippen LogP contribution in [-0.2, 0) is 11.2 Å². The van der Waals surface area contributed by atoms with Gasteiger partial charge in [0.25, 0.3) is 0 Å². The molecular formula is C24H35NO2Si. The predicted molar refractivity (Wildman–Crippen MR) is 120 cm³/mol. The fraction of sp³-hybridized carbons (Fsp3) is 0.500. The lowest BCUT2D eigenvalue weighted by Crippen LogP contribution is -2.40. The molecule has 1 aliphatic rings. The van der Waals surface area contributed by atoms with Gasteiger partial charge in [-0.25, -0.2) is 0 Å². The summed E-state index contributed by atoms with van der Waals surface area (Å²) in [5.74, 6) is 0.286. The molecule has 0 aromatic heterocycles. The second-order valence-electron chi connectivity index (χ2n) is 9.41. The summed E-state index contributed by atoms with van der Waals surface area (Å²) < 4.78 is 5.96. The van der Waals surface area contributed by atoms with Crippen molar-refractivity contribution in [3.8, 4) is 11.1 Å². The first-order valence-electron chi connectivity index (χ1n) is 10.5. The second kappa shape index (κ2) is 9.36. The molecule has 0 spiro atoms. The van der Waals surface area contributed by atoms with Gasteiger partial charge >= 0.3 is 0 Å². The fourth-order valence-electron chi connectivity index (χ4n) is 3.90. The monoisotopic (exact) mass is 397 g/mol. The van der Waals surface area contributed by atoms with Crippen molar-refractivity contribution in [3.63, 3.8) is 0 Å². The van der Waals surface area contributed by atoms with Crippen molar-refractivity contribution in [1.29, 1.82) is 0 Å².